The van der Waals surface area contributed by atoms with Gasteiger partial charge in [0.2, 0.25) is 0 Å². The highest BCUT2D eigenvalue weighted by Gasteiger charge is 2.33. The maximum absolute atomic E-state index is 13.1. The van der Waals surface area contributed by atoms with E-state index in [2.05, 4.69) is 57.7 Å². The Labute approximate surface area is 195 Å². The van der Waals surface area contributed by atoms with E-state index in [9.17, 15) is 4.79 Å². The second-order valence-corrected chi connectivity index (χ2v) is 9.85. The van der Waals surface area contributed by atoms with Crippen LogP contribution in [0.1, 0.15) is 51.3 Å². The maximum atomic E-state index is 13.1. The third-order valence-corrected chi connectivity index (χ3v) is 7.16. The van der Waals surface area contributed by atoms with Gasteiger partial charge in [0.05, 0.1) is 16.1 Å². The van der Waals surface area contributed by atoms with E-state index >= 15 is 0 Å². The number of aryl methyl sites for hydroxylation is 1. The first-order valence-electron chi connectivity index (χ1n) is 11.2. The smallest absolute Gasteiger partial charge is 0.266 e. The van der Waals surface area contributed by atoms with Crippen LogP contribution in [0.25, 0.3) is 11.6 Å². The van der Waals surface area contributed by atoms with Crippen molar-refractivity contribution in [3.05, 3.63) is 70.1 Å². The van der Waals surface area contributed by atoms with E-state index in [1.807, 2.05) is 43.3 Å². The van der Waals surface area contributed by atoms with E-state index in [0.29, 0.717) is 6.54 Å². The lowest BCUT2D eigenvalue weighted by Crippen LogP contribution is -2.44. The highest BCUT2D eigenvalue weighted by atomic mass is 32.2. The summed E-state index contributed by atoms with van der Waals surface area (Å²) in [6.07, 6.45) is 4.37. The largest absolute Gasteiger partial charge is 0.363 e. The number of rotatable bonds is 4. The maximum Gasteiger partial charge on any atom is 0.266 e. The summed E-state index contributed by atoms with van der Waals surface area (Å²) in [7, 11) is 0. The normalized spacial score (nSPS) is 20.2. The van der Waals surface area contributed by atoms with Gasteiger partial charge in [-0.2, -0.15) is 0 Å². The standard InChI is InChI=1S/C27H31N3OS/c1-7-29-25(31)24(32-26(29)28-21-12-10-9-11-13-21)16-20-15-22-19(4)17-27(5,6)30(8-2)23(22)14-18(20)3/h9-17H,7-8H2,1-6H3/b24-16+,28-26?. The zero-order valence-electron chi connectivity index (χ0n) is 19.8. The second-order valence-electron chi connectivity index (χ2n) is 8.84. The van der Waals surface area contributed by atoms with Crippen molar-refractivity contribution in [1.29, 1.82) is 0 Å². The first-order valence-corrected chi connectivity index (χ1v) is 12.0. The minimum absolute atomic E-state index is 0.0139. The molecule has 2 aromatic carbocycles. The molecule has 0 spiro atoms. The number of amidine groups is 1. The van der Waals surface area contributed by atoms with E-state index in [-0.39, 0.29) is 11.4 Å². The molecular weight excluding hydrogens is 414 g/mol. The number of likely N-dealkylation sites (N-methyl/N-ethyl adjacent to an activating group) is 2. The lowest BCUT2D eigenvalue weighted by molar-refractivity contribution is -0.122. The van der Waals surface area contributed by atoms with Gasteiger partial charge in [-0.05, 0) is 100 Å². The molecule has 2 aliphatic heterocycles. The van der Waals surface area contributed by atoms with Crippen molar-refractivity contribution >= 4 is 45.9 Å². The molecule has 0 saturated carbocycles. The Bertz CT molecular complexity index is 1140. The van der Waals surface area contributed by atoms with E-state index in [0.717, 1.165) is 27.9 Å². The number of para-hydroxylation sites is 1. The predicted octanol–water partition coefficient (Wildman–Crippen LogP) is 6.64. The van der Waals surface area contributed by atoms with Gasteiger partial charge in [-0.3, -0.25) is 9.69 Å². The van der Waals surface area contributed by atoms with Gasteiger partial charge in [0, 0.05) is 24.3 Å². The van der Waals surface area contributed by atoms with Crippen molar-refractivity contribution in [3.63, 3.8) is 0 Å². The number of allylic oxidation sites excluding steroid dienone is 1. The summed E-state index contributed by atoms with van der Waals surface area (Å²) in [4.78, 5) is 22.8. The number of benzene rings is 2. The van der Waals surface area contributed by atoms with Gasteiger partial charge in [-0.15, -0.1) is 0 Å². The van der Waals surface area contributed by atoms with Crippen LogP contribution in [0.5, 0.6) is 0 Å². The first kappa shape index (κ1) is 22.4. The molecule has 1 amide bonds. The topological polar surface area (TPSA) is 35.9 Å². The number of hydrogen-bond acceptors (Lipinski definition) is 4. The van der Waals surface area contributed by atoms with Crippen LogP contribution in [0.15, 0.2) is 58.4 Å². The molecule has 0 atom stereocenters. The molecule has 4 nitrogen and oxygen atoms in total. The molecule has 4 rings (SSSR count). The number of aliphatic imine (C=N–C) groups is 1. The van der Waals surface area contributed by atoms with Crippen molar-refractivity contribution in [3.8, 4) is 0 Å². The van der Waals surface area contributed by atoms with Crippen LogP contribution in [0.2, 0.25) is 0 Å². The highest BCUT2D eigenvalue weighted by molar-refractivity contribution is 8.18. The predicted molar refractivity (Wildman–Crippen MR) is 138 cm³/mol. The zero-order valence-corrected chi connectivity index (χ0v) is 20.6. The average Bonchev–Trinajstić information content (AvgIpc) is 3.03. The monoisotopic (exact) mass is 445 g/mol. The minimum Gasteiger partial charge on any atom is -0.363 e. The molecule has 0 aromatic heterocycles. The fourth-order valence-electron chi connectivity index (χ4n) is 4.60. The molecular formula is C27H31N3OS. The first-order chi connectivity index (χ1) is 15.2. The molecule has 2 aliphatic rings. The van der Waals surface area contributed by atoms with Crippen molar-refractivity contribution in [1.82, 2.24) is 4.90 Å². The third-order valence-electron chi connectivity index (χ3n) is 6.15. The summed E-state index contributed by atoms with van der Waals surface area (Å²) in [6, 6.07) is 14.3. The highest BCUT2D eigenvalue weighted by Crippen LogP contribution is 2.41. The third kappa shape index (κ3) is 4.02. The molecule has 2 heterocycles. The number of carbonyl (C=O) groups excluding carboxylic acids is 1. The van der Waals surface area contributed by atoms with Crippen LogP contribution in [-0.2, 0) is 4.79 Å². The Hall–Kier alpha value is -2.79. The van der Waals surface area contributed by atoms with Crippen molar-refractivity contribution in [2.45, 2.75) is 47.1 Å². The number of anilines is 1. The number of fused-ring (bicyclic) bond motifs is 1. The van der Waals surface area contributed by atoms with Crippen LogP contribution in [0, 0.1) is 6.92 Å². The van der Waals surface area contributed by atoms with Gasteiger partial charge in [0.15, 0.2) is 5.17 Å². The van der Waals surface area contributed by atoms with Crippen LogP contribution >= 0.6 is 11.8 Å². The van der Waals surface area contributed by atoms with E-state index in [4.69, 9.17) is 4.99 Å². The quantitative estimate of drug-likeness (QED) is 0.495. The van der Waals surface area contributed by atoms with Gasteiger partial charge in [0.25, 0.3) is 5.91 Å². The Morgan fingerprint density at radius 3 is 2.44 bits per heavy atom. The van der Waals surface area contributed by atoms with E-state index in [1.165, 1.54) is 34.1 Å². The summed E-state index contributed by atoms with van der Waals surface area (Å²) in [5, 5.41) is 0.737. The van der Waals surface area contributed by atoms with Crippen LogP contribution < -0.4 is 4.90 Å². The fourth-order valence-corrected chi connectivity index (χ4v) is 5.66. The molecule has 5 heteroatoms. The summed E-state index contributed by atoms with van der Waals surface area (Å²) in [6.45, 7) is 14.6. The van der Waals surface area contributed by atoms with E-state index < -0.39 is 0 Å². The molecule has 1 saturated heterocycles. The molecule has 0 aliphatic carbocycles. The Morgan fingerprint density at radius 2 is 1.78 bits per heavy atom. The number of carbonyl (C=O) groups is 1. The molecule has 1 fully saturated rings. The van der Waals surface area contributed by atoms with Gasteiger partial charge in [-0.25, -0.2) is 4.99 Å². The molecule has 0 N–H and O–H groups in total. The average molecular weight is 446 g/mol. The number of nitrogens with zero attached hydrogens (tertiary/aromatic N) is 3. The Morgan fingerprint density at radius 1 is 1.06 bits per heavy atom. The van der Waals surface area contributed by atoms with Crippen molar-refractivity contribution in [2.24, 2.45) is 4.99 Å². The van der Waals surface area contributed by atoms with Gasteiger partial charge < -0.3 is 4.90 Å². The molecule has 0 unspecified atom stereocenters. The van der Waals surface area contributed by atoms with Gasteiger partial charge >= 0.3 is 0 Å². The Balaban J connectivity index is 1.74. The summed E-state index contributed by atoms with van der Waals surface area (Å²) >= 11 is 1.46. The molecule has 0 bridgehead atoms. The zero-order chi connectivity index (χ0) is 23.0. The number of amides is 1. The van der Waals surface area contributed by atoms with Gasteiger partial charge in [0.1, 0.15) is 0 Å². The van der Waals surface area contributed by atoms with Crippen LogP contribution in [0.4, 0.5) is 11.4 Å². The summed E-state index contributed by atoms with van der Waals surface area (Å²) in [5.74, 6) is 0.0212. The fraction of sp³-hybridized carbons (Fsp3) is 0.333. The molecule has 2 aromatic rings. The van der Waals surface area contributed by atoms with Crippen LogP contribution in [-0.4, -0.2) is 34.6 Å². The minimum atomic E-state index is -0.0139. The van der Waals surface area contributed by atoms with Crippen LogP contribution in [0.3, 0.4) is 0 Å². The van der Waals surface area contributed by atoms with Gasteiger partial charge in [-0.1, -0.05) is 24.3 Å². The molecule has 0 radical (unpaired) electrons. The second kappa shape index (κ2) is 8.62. The lowest BCUT2D eigenvalue weighted by atomic mass is 9.87. The van der Waals surface area contributed by atoms with E-state index in [1.54, 1.807) is 4.90 Å². The Kier molecular flexibility index (Phi) is 6.04. The summed E-state index contributed by atoms with van der Waals surface area (Å²) in [5.41, 5.74) is 6.88. The number of thioether (sulfide) groups is 1. The number of hydrogen-bond donors (Lipinski definition) is 0. The SMILES string of the molecule is CCN1C(=O)/C(=C\c2cc3c(cc2C)N(CC)C(C)(C)C=C3C)SC1=Nc1ccccc1. The van der Waals surface area contributed by atoms with Crippen molar-refractivity contribution in [2.75, 3.05) is 18.0 Å². The summed E-state index contributed by atoms with van der Waals surface area (Å²) < 4.78 is 0. The lowest BCUT2D eigenvalue weighted by Gasteiger charge is -2.43. The molecule has 32 heavy (non-hydrogen) atoms. The van der Waals surface area contributed by atoms with Crippen molar-refractivity contribution < 1.29 is 4.79 Å². The molecule has 166 valence electrons.